The molecular formula is C17H16O3S. The van der Waals surface area contributed by atoms with E-state index in [1.54, 1.807) is 6.08 Å². The van der Waals surface area contributed by atoms with Crippen LogP contribution in [0.5, 0.6) is 0 Å². The minimum Gasteiger partial charge on any atom is -0.289 e. The van der Waals surface area contributed by atoms with Gasteiger partial charge in [-0.15, -0.1) is 0 Å². The number of aryl methyl sites for hydroxylation is 1. The first kappa shape index (κ1) is 15.2. The van der Waals surface area contributed by atoms with Crippen molar-refractivity contribution in [2.45, 2.75) is 11.8 Å². The lowest BCUT2D eigenvalue weighted by Crippen LogP contribution is -1.99. The fourth-order valence-corrected chi connectivity index (χ4v) is 2.54. The largest absolute Gasteiger partial charge is 0.289 e. The predicted molar refractivity (Wildman–Crippen MR) is 84.1 cm³/mol. The highest BCUT2D eigenvalue weighted by Gasteiger charge is 2.08. The molecule has 0 amide bonds. The molecule has 0 spiro atoms. The van der Waals surface area contributed by atoms with Gasteiger partial charge in [0.05, 0.1) is 4.90 Å². The Balaban J connectivity index is 2.17. The lowest BCUT2D eigenvalue weighted by molar-refractivity contribution is 0.104. The van der Waals surface area contributed by atoms with Crippen LogP contribution in [0.15, 0.2) is 59.5 Å². The average Bonchev–Trinajstić information content (AvgIpc) is 2.44. The maximum atomic E-state index is 12.0. The van der Waals surface area contributed by atoms with E-state index in [0.29, 0.717) is 5.56 Å². The summed E-state index contributed by atoms with van der Waals surface area (Å²) in [6, 6.07) is 13.8. The van der Waals surface area contributed by atoms with E-state index in [1.165, 1.54) is 30.3 Å². The Labute approximate surface area is 124 Å². The zero-order valence-corrected chi connectivity index (χ0v) is 12.7. The Morgan fingerprint density at radius 1 is 1.05 bits per heavy atom. The van der Waals surface area contributed by atoms with Gasteiger partial charge in [0.1, 0.15) is 0 Å². The van der Waals surface area contributed by atoms with Crippen molar-refractivity contribution in [3.8, 4) is 0 Å². The lowest BCUT2D eigenvalue weighted by Gasteiger charge is -2.00. The highest BCUT2D eigenvalue weighted by Crippen LogP contribution is 2.12. The quantitative estimate of drug-likeness (QED) is 0.643. The van der Waals surface area contributed by atoms with Crippen molar-refractivity contribution in [1.29, 1.82) is 0 Å². The maximum absolute atomic E-state index is 12.0. The van der Waals surface area contributed by atoms with Crippen LogP contribution >= 0.6 is 0 Å². The monoisotopic (exact) mass is 300 g/mol. The minimum absolute atomic E-state index is 0.156. The summed E-state index contributed by atoms with van der Waals surface area (Å²) in [5.41, 5.74) is 2.55. The molecule has 4 heteroatoms. The van der Waals surface area contributed by atoms with Crippen LogP contribution < -0.4 is 0 Å². The van der Waals surface area contributed by atoms with E-state index in [4.69, 9.17) is 0 Å². The molecular weight excluding hydrogens is 284 g/mol. The number of ketones is 1. The van der Waals surface area contributed by atoms with Crippen LogP contribution in [0.25, 0.3) is 6.08 Å². The summed E-state index contributed by atoms with van der Waals surface area (Å²) >= 11 is 0. The summed E-state index contributed by atoms with van der Waals surface area (Å²) in [5.74, 6) is -0.156. The Morgan fingerprint density at radius 3 is 2.29 bits per heavy atom. The minimum atomic E-state index is -3.23. The van der Waals surface area contributed by atoms with E-state index >= 15 is 0 Å². The number of carbonyl (C=O) groups excluding carboxylic acids is 1. The first-order valence-electron chi connectivity index (χ1n) is 6.45. The van der Waals surface area contributed by atoms with Crippen molar-refractivity contribution in [2.24, 2.45) is 0 Å². The van der Waals surface area contributed by atoms with Gasteiger partial charge in [-0.05, 0) is 42.8 Å². The van der Waals surface area contributed by atoms with Gasteiger partial charge in [-0.2, -0.15) is 0 Å². The third-order valence-corrected chi connectivity index (χ3v) is 4.16. The molecule has 0 atom stereocenters. The first-order chi connectivity index (χ1) is 9.86. The molecule has 0 aliphatic carbocycles. The summed E-state index contributed by atoms with van der Waals surface area (Å²) in [6.07, 6.45) is 4.38. The molecule has 0 bridgehead atoms. The molecule has 0 aliphatic heterocycles. The molecule has 108 valence electrons. The number of benzene rings is 2. The molecule has 0 heterocycles. The molecule has 2 aromatic rings. The van der Waals surface area contributed by atoms with E-state index in [0.717, 1.165) is 17.4 Å². The Hall–Kier alpha value is -2.20. The number of rotatable bonds is 4. The predicted octanol–water partition coefficient (Wildman–Crippen LogP) is 3.29. The van der Waals surface area contributed by atoms with E-state index < -0.39 is 9.84 Å². The summed E-state index contributed by atoms with van der Waals surface area (Å²) < 4.78 is 22.7. The Morgan fingerprint density at radius 2 is 1.71 bits per heavy atom. The van der Waals surface area contributed by atoms with Crippen molar-refractivity contribution >= 4 is 21.7 Å². The number of sulfone groups is 1. The van der Waals surface area contributed by atoms with E-state index in [9.17, 15) is 13.2 Å². The zero-order chi connectivity index (χ0) is 15.5. The van der Waals surface area contributed by atoms with Gasteiger partial charge in [-0.3, -0.25) is 4.79 Å². The van der Waals surface area contributed by atoms with E-state index in [2.05, 4.69) is 0 Å². The fraction of sp³-hybridized carbons (Fsp3) is 0.118. The molecule has 0 saturated carbocycles. The summed E-state index contributed by atoms with van der Waals surface area (Å²) in [7, 11) is -3.23. The van der Waals surface area contributed by atoms with Crippen LogP contribution in [0.1, 0.15) is 21.5 Å². The zero-order valence-electron chi connectivity index (χ0n) is 11.9. The second kappa shape index (κ2) is 6.06. The van der Waals surface area contributed by atoms with Gasteiger partial charge in [-0.1, -0.05) is 35.9 Å². The second-order valence-corrected chi connectivity index (χ2v) is 6.92. The molecule has 0 N–H and O–H groups in total. The van der Waals surface area contributed by atoms with Gasteiger partial charge in [0.25, 0.3) is 0 Å². The lowest BCUT2D eigenvalue weighted by atomic mass is 10.1. The van der Waals surface area contributed by atoms with Gasteiger partial charge in [0, 0.05) is 11.8 Å². The highest BCUT2D eigenvalue weighted by atomic mass is 32.2. The smallest absolute Gasteiger partial charge is 0.185 e. The van der Waals surface area contributed by atoms with Crippen molar-refractivity contribution in [3.05, 3.63) is 71.3 Å². The first-order valence-corrected chi connectivity index (χ1v) is 8.34. The molecule has 0 aliphatic rings. The van der Waals surface area contributed by atoms with Crippen molar-refractivity contribution in [3.63, 3.8) is 0 Å². The van der Waals surface area contributed by atoms with Crippen molar-refractivity contribution in [1.82, 2.24) is 0 Å². The number of carbonyl (C=O) groups is 1. The van der Waals surface area contributed by atoms with Gasteiger partial charge < -0.3 is 0 Å². The van der Waals surface area contributed by atoms with Crippen LogP contribution in [0, 0.1) is 6.92 Å². The molecule has 2 aromatic carbocycles. The van der Waals surface area contributed by atoms with Gasteiger partial charge in [-0.25, -0.2) is 8.42 Å². The molecule has 0 fully saturated rings. The highest BCUT2D eigenvalue weighted by molar-refractivity contribution is 7.90. The van der Waals surface area contributed by atoms with Gasteiger partial charge in [0.15, 0.2) is 15.6 Å². The van der Waals surface area contributed by atoms with Crippen LogP contribution in [0.3, 0.4) is 0 Å². The number of hydrogen-bond donors (Lipinski definition) is 0. The van der Waals surface area contributed by atoms with Crippen molar-refractivity contribution in [2.75, 3.05) is 6.26 Å². The summed E-state index contributed by atoms with van der Waals surface area (Å²) in [5, 5.41) is 0. The SMILES string of the molecule is Cc1cccc(C=CC(=O)c2ccc(S(C)(=O)=O)cc2)c1. The normalized spacial score (nSPS) is 11.7. The number of hydrogen-bond acceptors (Lipinski definition) is 3. The fourth-order valence-electron chi connectivity index (χ4n) is 1.91. The third kappa shape index (κ3) is 4.13. The third-order valence-electron chi connectivity index (χ3n) is 3.04. The Bertz CT molecular complexity index is 785. The molecule has 0 aromatic heterocycles. The molecule has 3 nitrogen and oxygen atoms in total. The topological polar surface area (TPSA) is 51.2 Å². The molecule has 0 radical (unpaired) electrons. The summed E-state index contributed by atoms with van der Waals surface area (Å²) in [6.45, 7) is 1.99. The molecule has 2 rings (SSSR count). The molecule has 0 saturated heterocycles. The number of allylic oxidation sites excluding steroid dienone is 1. The van der Waals surface area contributed by atoms with Crippen LogP contribution in [0.2, 0.25) is 0 Å². The molecule has 21 heavy (non-hydrogen) atoms. The average molecular weight is 300 g/mol. The molecule has 0 unspecified atom stereocenters. The van der Waals surface area contributed by atoms with E-state index in [1.807, 2.05) is 31.2 Å². The van der Waals surface area contributed by atoms with E-state index in [-0.39, 0.29) is 10.7 Å². The van der Waals surface area contributed by atoms with Crippen LogP contribution in [-0.4, -0.2) is 20.5 Å². The van der Waals surface area contributed by atoms with Crippen molar-refractivity contribution < 1.29 is 13.2 Å². The van der Waals surface area contributed by atoms with Crippen LogP contribution in [0.4, 0.5) is 0 Å². The maximum Gasteiger partial charge on any atom is 0.185 e. The van der Waals surface area contributed by atoms with Gasteiger partial charge in [0.2, 0.25) is 0 Å². The van der Waals surface area contributed by atoms with Gasteiger partial charge >= 0.3 is 0 Å². The second-order valence-electron chi connectivity index (χ2n) is 4.91. The van der Waals surface area contributed by atoms with Crippen LogP contribution in [-0.2, 0) is 9.84 Å². The summed E-state index contributed by atoms with van der Waals surface area (Å²) in [4.78, 5) is 12.2. The Kier molecular flexibility index (Phi) is 4.38. The standard InChI is InChI=1S/C17H16O3S/c1-13-4-3-5-14(12-13)6-11-17(18)15-7-9-16(10-8-15)21(2,19)20/h3-12H,1-2H3.